The third-order valence-corrected chi connectivity index (χ3v) is 15.1. The Labute approximate surface area is 476 Å². The number of rotatable bonds is 58. The van der Waals surface area contributed by atoms with Crippen LogP contribution in [0.1, 0.15) is 290 Å². The minimum Gasteiger partial charge on any atom is -0.756 e. The highest BCUT2D eigenvalue weighted by Gasteiger charge is 2.27. The summed E-state index contributed by atoms with van der Waals surface area (Å²) in [6, 6.07) is -0.906. The van der Waals surface area contributed by atoms with Crippen LogP contribution in [-0.2, 0) is 27.9 Å². The molecule has 10 heteroatoms. The maximum atomic E-state index is 13.5. The van der Waals surface area contributed by atoms with Crippen molar-refractivity contribution >= 4 is 19.7 Å². The lowest BCUT2D eigenvalue weighted by molar-refractivity contribution is -0.870. The van der Waals surface area contributed by atoms with Gasteiger partial charge >= 0.3 is 5.97 Å². The van der Waals surface area contributed by atoms with Crippen LogP contribution in [0.3, 0.4) is 0 Å². The van der Waals surface area contributed by atoms with Gasteiger partial charge in [0, 0.05) is 12.8 Å². The molecule has 0 bridgehead atoms. The Kier molecular flexibility index (Phi) is 54.8. The van der Waals surface area contributed by atoms with E-state index in [4.69, 9.17) is 13.8 Å². The zero-order valence-corrected chi connectivity index (χ0v) is 52.0. The molecule has 0 radical (unpaired) electrons. The fourth-order valence-corrected chi connectivity index (χ4v) is 9.92. The molecule has 0 heterocycles. The number of ether oxygens (including phenoxy) is 1. The van der Waals surface area contributed by atoms with Crippen LogP contribution in [0.4, 0.5) is 0 Å². The second-order valence-corrected chi connectivity index (χ2v) is 24.3. The Morgan fingerprint density at radius 2 is 0.831 bits per heavy atom. The van der Waals surface area contributed by atoms with E-state index in [2.05, 4.69) is 86.8 Å². The summed E-state index contributed by atoms with van der Waals surface area (Å²) < 4.78 is 30.3. The van der Waals surface area contributed by atoms with Gasteiger partial charge in [0.25, 0.3) is 7.82 Å². The molecule has 0 aliphatic carbocycles. The van der Waals surface area contributed by atoms with Crippen LogP contribution in [0.2, 0.25) is 0 Å². The Balaban J connectivity index is 5.20. The van der Waals surface area contributed by atoms with Gasteiger partial charge in [0.2, 0.25) is 5.91 Å². The molecule has 77 heavy (non-hydrogen) atoms. The van der Waals surface area contributed by atoms with Crippen molar-refractivity contribution in [3.05, 3.63) is 72.9 Å². The second kappa shape index (κ2) is 56.7. The number of hydrogen-bond acceptors (Lipinski definition) is 7. The quantitative estimate of drug-likeness (QED) is 0.0212. The van der Waals surface area contributed by atoms with Crippen molar-refractivity contribution in [1.29, 1.82) is 0 Å². The van der Waals surface area contributed by atoms with Gasteiger partial charge in [-0.1, -0.05) is 274 Å². The van der Waals surface area contributed by atoms with Crippen LogP contribution in [-0.4, -0.2) is 69.4 Å². The highest BCUT2D eigenvalue weighted by molar-refractivity contribution is 7.45. The second-order valence-electron chi connectivity index (χ2n) is 22.9. The van der Waals surface area contributed by atoms with E-state index in [1.54, 1.807) is 0 Å². The van der Waals surface area contributed by atoms with E-state index in [0.29, 0.717) is 17.4 Å². The van der Waals surface area contributed by atoms with Crippen molar-refractivity contribution in [2.24, 2.45) is 0 Å². The summed E-state index contributed by atoms with van der Waals surface area (Å²) in [5.74, 6) is -0.572. The molecular formula is C67H123N2O7P. The van der Waals surface area contributed by atoms with E-state index < -0.39 is 26.6 Å². The van der Waals surface area contributed by atoms with Gasteiger partial charge in [0.1, 0.15) is 19.3 Å². The standard InChI is InChI=1S/C67H123N2O7P/c1-7-10-13-16-19-22-25-27-29-31-33-34-36-38-40-42-45-48-51-54-57-60-67(71)76-65(58-55-52-49-46-43-24-21-18-15-12-9-3)64(63-75-77(72,73)74-62-61-69(4,5)6)68-66(70)59-56-53-50-47-44-41-39-37-35-32-30-28-26-23-20-17-14-11-8-2/h11,14,20,23,28,30,35,37,41,44,55,58,64-65H,7-10,12-13,15-19,21-22,24-27,29,31-34,36,38-40,42-43,45-54,56-57,59-63H2,1-6H3,(H-,68,70,72,73)/b14-11-,23-20-,30-28-,37-35-,44-41-,58-55+. The van der Waals surface area contributed by atoms with Crippen molar-refractivity contribution in [1.82, 2.24) is 5.32 Å². The van der Waals surface area contributed by atoms with Gasteiger partial charge in [-0.25, -0.2) is 0 Å². The molecule has 0 fully saturated rings. The summed E-state index contributed by atoms with van der Waals surface area (Å²) >= 11 is 0. The molecule has 0 spiro atoms. The van der Waals surface area contributed by atoms with E-state index in [1.165, 1.54) is 161 Å². The molecule has 0 rings (SSSR count). The average Bonchev–Trinajstić information content (AvgIpc) is 3.39. The number of phosphoric ester groups is 1. The molecule has 1 N–H and O–H groups in total. The topological polar surface area (TPSA) is 114 Å². The number of likely N-dealkylation sites (N-methyl/N-ethyl adjacent to an activating group) is 1. The van der Waals surface area contributed by atoms with Crippen LogP contribution in [0.15, 0.2) is 72.9 Å². The maximum absolute atomic E-state index is 13.5. The minimum absolute atomic E-state index is 0.0303. The number of quaternary nitrogens is 1. The maximum Gasteiger partial charge on any atom is 0.306 e. The monoisotopic (exact) mass is 1100 g/mol. The van der Waals surface area contributed by atoms with E-state index in [9.17, 15) is 19.0 Å². The summed E-state index contributed by atoms with van der Waals surface area (Å²) in [5.41, 5.74) is 0. The van der Waals surface area contributed by atoms with E-state index in [1.807, 2.05) is 33.3 Å². The number of esters is 1. The first-order valence-electron chi connectivity index (χ1n) is 32.2. The lowest BCUT2D eigenvalue weighted by Gasteiger charge is -2.30. The highest BCUT2D eigenvalue weighted by Crippen LogP contribution is 2.38. The molecule has 0 aromatic heterocycles. The zero-order valence-electron chi connectivity index (χ0n) is 51.2. The van der Waals surface area contributed by atoms with Crippen molar-refractivity contribution in [3.63, 3.8) is 0 Å². The van der Waals surface area contributed by atoms with Crippen LogP contribution in [0.5, 0.6) is 0 Å². The van der Waals surface area contributed by atoms with Crippen molar-refractivity contribution in [2.75, 3.05) is 40.9 Å². The number of phosphoric acid groups is 1. The fourth-order valence-electron chi connectivity index (χ4n) is 9.20. The van der Waals surface area contributed by atoms with Gasteiger partial charge in [0.15, 0.2) is 0 Å². The molecule has 0 aliphatic rings. The first kappa shape index (κ1) is 74.5. The largest absolute Gasteiger partial charge is 0.756 e. The number of amides is 1. The van der Waals surface area contributed by atoms with Gasteiger partial charge in [0.05, 0.1) is 33.8 Å². The average molecular weight is 1100 g/mol. The Bertz CT molecular complexity index is 1550. The molecule has 0 saturated heterocycles. The summed E-state index contributed by atoms with van der Waals surface area (Å²) in [7, 11) is 1.16. The van der Waals surface area contributed by atoms with Crippen LogP contribution in [0, 0.1) is 0 Å². The molecule has 448 valence electrons. The van der Waals surface area contributed by atoms with E-state index in [0.717, 1.165) is 89.9 Å². The van der Waals surface area contributed by atoms with E-state index >= 15 is 0 Å². The number of carbonyl (C=O) groups excluding carboxylic acids is 2. The van der Waals surface area contributed by atoms with Crippen molar-refractivity contribution in [3.8, 4) is 0 Å². The zero-order chi connectivity index (χ0) is 56.4. The Morgan fingerprint density at radius 1 is 0.468 bits per heavy atom. The molecular weight excluding hydrogens is 976 g/mol. The number of hydrogen-bond donors (Lipinski definition) is 1. The van der Waals surface area contributed by atoms with Crippen LogP contribution >= 0.6 is 7.82 Å². The molecule has 3 unspecified atom stereocenters. The number of nitrogens with zero attached hydrogens (tertiary/aromatic N) is 1. The summed E-state index contributed by atoms with van der Waals surface area (Å²) in [4.78, 5) is 40.0. The smallest absolute Gasteiger partial charge is 0.306 e. The van der Waals surface area contributed by atoms with E-state index in [-0.39, 0.29) is 31.3 Å². The number of allylic oxidation sites excluding steroid dienone is 11. The predicted octanol–water partition coefficient (Wildman–Crippen LogP) is 19.4. The SMILES string of the molecule is CC/C=C\C/C=C\C/C=C\C/C=C\C/C=C\CCCCCC(=O)NC(COP(=O)([O-])OCC[N+](C)(C)C)C(/C=C/CCCCCCCCCCC)OC(=O)CCCCCCCCCCCCCCCCCCCCCCC. The number of carbonyl (C=O) groups is 2. The number of nitrogens with one attached hydrogen (secondary N) is 1. The first-order valence-corrected chi connectivity index (χ1v) is 33.7. The molecule has 1 amide bonds. The van der Waals surface area contributed by atoms with Gasteiger partial charge in [-0.2, -0.15) is 0 Å². The molecule has 0 aromatic carbocycles. The first-order chi connectivity index (χ1) is 37.4. The Morgan fingerprint density at radius 3 is 1.26 bits per heavy atom. The molecule has 0 aromatic rings. The van der Waals surface area contributed by atoms with Crippen molar-refractivity contribution in [2.45, 2.75) is 303 Å². The minimum atomic E-state index is -4.71. The highest BCUT2D eigenvalue weighted by atomic mass is 31.2. The lowest BCUT2D eigenvalue weighted by atomic mass is 10.0. The molecule has 3 atom stereocenters. The predicted molar refractivity (Wildman–Crippen MR) is 330 cm³/mol. The molecule has 0 saturated carbocycles. The lowest BCUT2D eigenvalue weighted by Crippen LogP contribution is -2.47. The molecule has 9 nitrogen and oxygen atoms in total. The molecule has 0 aliphatic heterocycles. The Hall–Kier alpha value is -2.55. The summed E-state index contributed by atoms with van der Waals surface area (Å²) in [6.45, 7) is 6.72. The normalized spacial score (nSPS) is 14.1. The van der Waals surface area contributed by atoms with Gasteiger partial charge in [-0.3, -0.25) is 14.2 Å². The van der Waals surface area contributed by atoms with Crippen LogP contribution in [0.25, 0.3) is 0 Å². The van der Waals surface area contributed by atoms with Gasteiger partial charge in [-0.05, 0) is 76.7 Å². The van der Waals surface area contributed by atoms with Gasteiger partial charge in [-0.15, -0.1) is 0 Å². The van der Waals surface area contributed by atoms with Gasteiger partial charge < -0.3 is 28.5 Å². The van der Waals surface area contributed by atoms with Crippen molar-refractivity contribution < 1.29 is 37.3 Å². The summed E-state index contributed by atoms with van der Waals surface area (Å²) in [6.07, 6.45) is 73.1. The fraction of sp³-hybridized carbons (Fsp3) is 0.791. The van der Waals surface area contributed by atoms with Crippen LogP contribution < -0.4 is 10.2 Å². The number of unbranched alkanes of at least 4 members (excludes halogenated alkanes) is 32. The third-order valence-electron chi connectivity index (χ3n) is 14.2. The summed E-state index contributed by atoms with van der Waals surface area (Å²) in [5, 5.41) is 3.01. The third kappa shape index (κ3) is 57.9.